The van der Waals surface area contributed by atoms with E-state index in [-0.39, 0.29) is 0 Å². The highest BCUT2D eigenvalue weighted by molar-refractivity contribution is 9.10. The van der Waals surface area contributed by atoms with Crippen LogP contribution in [-0.4, -0.2) is 54.2 Å². The van der Waals surface area contributed by atoms with E-state index in [0.29, 0.717) is 0 Å². The number of hydrogen-bond donors (Lipinski definition) is 0. The van der Waals surface area contributed by atoms with Gasteiger partial charge in [-0.1, -0.05) is 0 Å². The van der Waals surface area contributed by atoms with Crippen molar-refractivity contribution in [3.63, 3.8) is 0 Å². The molecule has 2 saturated heterocycles. The second-order valence-electron chi connectivity index (χ2n) is 6.99. The number of piperidine rings is 1. The highest BCUT2D eigenvalue weighted by Crippen LogP contribution is 2.24. The Labute approximate surface area is 163 Å². The van der Waals surface area contributed by atoms with Gasteiger partial charge >= 0.3 is 0 Å². The molecule has 2 aliphatic rings. The van der Waals surface area contributed by atoms with E-state index in [9.17, 15) is 0 Å². The van der Waals surface area contributed by atoms with Gasteiger partial charge in [0.15, 0.2) is 0 Å². The maximum atomic E-state index is 4.71. The summed E-state index contributed by atoms with van der Waals surface area (Å²) >= 11 is 3.45. The average Bonchev–Trinajstić information content (AvgIpc) is 2.69. The van der Waals surface area contributed by atoms with E-state index in [0.717, 1.165) is 67.0 Å². The van der Waals surface area contributed by atoms with Crippen molar-refractivity contribution in [3.8, 4) is 0 Å². The van der Waals surface area contributed by atoms with Crippen LogP contribution in [0.4, 0.5) is 17.5 Å². The maximum absolute atomic E-state index is 4.71. The van der Waals surface area contributed by atoms with Crippen LogP contribution in [0.5, 0.6) is 0 Å². The molecular formula is C19H25BrN6. The Hall–Kier alpha value is -1.89. The zero-order chi connectivity index (χ0) is 17.9. The first kappa shape index (κ1) is 17.5. The van der Waals surface area contributed by atoms with Crippen LogP contribution in [-0.2, 0) is 0 Å². The lowest BCUT2D eigenvalue weighted by molar-refractivity contribution is 0.572. The molecule has 0 spiro atoms. The molecule has 138 valence electrons. The molecule has 4 rings (SSSR count). The number of aryl methyl sites for hydroxylation is 1. The summed E-state index contributed by atoms with van der Waals surface area (Å²) in [5.41, 5.74) is 0. The van der Waals surface area contributed by atoms with Gasteiger partial charge in [-0.3, -0.25) is 0 Å². The Morgan fingerprint density at radius 2 is 1.35 bits per heavy atom. The topological polar surface area (TPSA) is 48.4 Å². The Kier molecular flexibility index (Phi) is 5.24. The van der Waals surface area contributed by atoms with Gasteiger partial charge in [0, 0.05) is 56.0 Å². The van der Waals surface area contributed by atoms with Gasteiger partial charge in [0.2, 0.25) is 0 Å². The van der Waals surface area contributed by atoms with Crippen LogP contribution in [0, 0.1) is 6.92 Å². The van der Waals surface area contributed by atoms with E-state index in [1.165, 1.54) is 19.3 Å². The lowest BCUT2D eigenvalue weighted by atomic mass is 10.1. The van der Waals surface area contributed by atoms with Crippen LogP contribution in [0.3, 0.4) is 0 Å². The lowest BCUT2D eigenvalue weighted by Crippen LogP contribution is -2.47. The molecule has 4 heterocycles. The van der Waals surface area contributed by atoms with Crippen LogP contribution < -0.4 is 14.7 Å². The van der Waals surface area contributed by atoms with Crippen LogP contribution in [0.2, 0.25) is 0 Å². The third kappa shape index (κ3) is 3.92. The molecule has 0 N–H and O–H groups in total. The number of rotatable bonds is 3. The summed E-state index contributed by atoms with van der Waals surface area (Å²) in [6.45, 7) is 8.03. The summed E-state index contributed by atoms with van der Waals surface area (Å²) in [5, 5.41) is 0. The van der Waals surface area contributed by atoms with Crippen molar-refractivity contribution >= 4 is 33.4 Å². The standard InChI is InChI=1S/C19H25BrN6/c1-15-22-18(24-7-3-2-4-8-24)13-19(23-15)26-11-9-25(10-12-26)17-6-5-16(20)14-21-17/h5-6,13-14H,2-4,7-12H2,1H3. The third-order valence-electron chi connectivity index (χ3n) is 5.13. The van der Waals surface area contributed by atoms with Gasteiger partial charge < -0.3 is 14.7 Å². The summed E-state index contributed by atoms with van der Waals surface area (Å²) < 4.78 is 1.02. The molecule has 0 aliphatic carbocycles. The van der Waals surface area contributed by atoms with E-state index in [1.807, 2.05) is 19.2 Å². The number of anilines is 3. The number of halogens is 1. The predicted octanol–water partition coefficient (Wildman–Crippen LogP) is 3.26. The monoisotopic (exact) mass is 416 g/mol. The number of hydrogen-bond acceptors (Lipinski definition) is 6. The van der Waals surface area contributed by atoms with Crippen molar-refractivity contribution in [1.82, 2.24) is 15.0 Å². The zero-order valence-corrected chi connectivity index (χ0v) is 16.8. The SMILES string of the molecule is Cc1nc(N2CCCCC2)cc(N2CCN(c3ccc(Br)cn3)CC2)n1. The number of aromatic nitrogens is 3. The minimum Gasteiger partial charge on any atom is -0.356 e. The van der Waals surface area contributed by atoms with Gasteiger partial charge in [0.05, 0.1) is 0 Å². The van der Waals surface area contributed by atoms with Gasteiger partial charge in [0.1, 0.15) is 23.3 Å². The summed E-state index contributed by atoms with van der Waals surface area (Å²) in [4.78, 5) is 21.0. The molecule has 2 aliphatic heterocycles. The molecule has 0 unspecified atom stereocenters. The summed E-state index contributed by atoms with van der Waals surface area (Å²) in [6.07, 6.45) is 5.72. The first-order chi connectivity index (χ1) is 12.7. The lowest BCUT2D eigenvalue weighted by Gasteiger charge is -2.36. The average molecular weight is 417 g/mol. The number of piperazine rings is 1. The fraction of sp³-hybridized carbons (Fsp3) is 0.526. The van der Waals surface area contributed by atoms with E-state index in [2.05, 4.69) is 52.7 Å². The third-order valence-corrected chi connectivity index (χ3v) is 5.60. The maximum Gasteiger partial charge on any atom is 0.134 e. The van der Waals surface area contributed by atoms with Crippen LogP contribution in [0.15, 0.2) is 28.9 Å². The van der Waals surface area contributed by atoms with Crippen molar-refractivity contribution < 1.29 is 0 Å². The molecule has 0 aromatic carbocycles. The molecule has 0 saturated carbocycles. The molecule has 0 amide bonds. The molecule has 0 radical (unpaired) electrons. The second-order valence-corrected chi connectivity index (χ2v) is 7.90. The van der Waals surface area contributed by atoms with Gasteiger partial charge in [-0.15, -0.1) is 0 Å². The Bertz CT molecular complexity index is 736. The molecule has 2 aromatic rings. The fourth-order valence-electron chi connectivity index (χ4n) is 3.70. The fourth-order valence-corrected chi connectivity index (χ4v) is 3.94. The quantitative estimate of drug-likeness (QED) is 0.764. The predicted molar refractivity (Wildman–Crippen MR) is 109 cm³/mol. The van der Waals surface area contributed by atoms with Crippen molar-refractivity contribution in [2.24, 2.45) is 0 Å². The van der Waals surface area contributed by atoms with E-state index < -0.39 is 0 Å². The summed E-state index contributed by atoms with van der Waals surface area (Å²) in [7, 11) is 0. The van der Waals surface area contributed by atoms with Crippen LogP contribution in [0.25, 0.3) is 0 Å². The molecule has 7 heteroatoms. The number of nitrogens with zero attached hydrogens (tertiary/aromatic N) is 6. The van der Waals surface area contributed by atoms with E-state index in [4.69, 9.17) is 4.98 Å². The first-order valence-electron chi connectivity index (χ1n) is 9.41. The first-order valence-corrected chi connectivity index (χ1v) is 10.2. The minimum absolute atomic E-state index is 0.861. The van der Waals surface area contributed by atoms with Crippen LogP contribution >= 0.6 is 15.9 Å². The number of pyridine rings is 1. The highest BCUT2D eigenvalue weighted by Gasteiger charge is 2.21. The Morgan fingerprint density at radius 1 is 0.769 bits per heavy atom. The van der Waals surface area contributed by atoms with E-state index in [1.54, 1.807) is 0 Å². The second kappa shape index (κ2) is 7.78. The normalized spacial score (nSPS) is 18.3. The molecule has 0 bridgehead atoms. The molecule has 6 nitrogen and oxygen atoms in total. The Morgan fingerprint density at radius 3 is 1.92 bits per heavy atom. The van der Waals surface area contributed by atoms with Gasteiger partial charge in [-0.25, -0.2) is 15.0 Å². The summed E-state index contributed by atoms with van der Waals surface area (Å²) in [5.74, 6) is 4.05. The van der Waals surface area contributed by atoms with Crippen molar-refractivity contribution in [3.05, 3.63) is 34.7 Å². The van der Waals surface area contributed by atoms with Crippen LogP contribution in [0.1, 0.15) is 25.1 Å². The largest absolute Gasteiger partial charge is 0.356 e. The van der Waals surface area contributed by atoms with Crippen molar-refractivity contribution in [2.45, 2.75) is 26.2 Å². The van der Waals surface area contributed by atoms with E-state index >= 15 is 0 Å². The molecule has 2 fully saturated rings. The molecule has 0 atom stereocenters. The molecule has 2 aromatic heterocycles. The van der Waals surface area contributed by atoms with Gasteiger partial charge in [-0.05, 0) is 54.2 Å². The highest BCUT2D eigenvalue weighted by atomic mass is 79.9. The Balaban J connectivity index is 1.45. The minimum atomic E-state index is 0.861. The zero-order valence-electron chi connectivity index (χ0n) is 15.2. The van der Waals surface area contributed by atoms with Gasteiger partial charge in [0.25, 0.3) is 0 Å². The van der Waals surface area contributed by atoms with Crippen molar-refractivity contribution in [1.29, 1.82) is 0 Å². The molecule has 26 heavy (non-hydrogen) atoms. The smallest absolute Gasteiger partial charge is 0.134 e. The van der Waals surface area contributed by atoms with Crippen molar-refractivity contribution in [2.75, 3.05) is 54.0 Å². The molecular weight excluding hydrogens is 392 g/mol. The van der Waals surface area contributed by atoms with Gasteiger partial charge in [-0.2, -0.15) is 0 Å². The summed E-state index contributed by atoms with van der Waals surface area (Å²) in [6, 6.07) is 6.29.